The summed E-state index contributed by atoms with van der Waals surface area (Å²) in [6.07, 6.45) is 1.82. The normalized spacial score (nSPS) is 16.2. The first-order valence-corrected chi connectivity index (χ1v) is 7.82. The number of hydrogen-bond donors (Lipinski definition) is 1. The summed E-state index contributed by atoms with van der Waals surface area (Å²) in [4.78, 5) is 34.8. The third-order valence-electron chi connectivity index (χ3n) is 3.02. The number of benzene rings is 1. The summed E-state index contributed by atoms with van der Waals surface area (Å²) in [5.41, 5.74) is 0.473. The number of thioether (sulfide) groups is 1. The molecule has 1 N–H and O–H groups in total. The standard InChI is InChI=1S/C14H12N2O5S2/c17-12(18)5-2-6-15-13(19)11(23-14(15)22)8-9-3-1-4-10(7-9)16(20)21/h1,3-4,7-8H,2,5-6H2,(H,17,18). The average molecular weight is 352 g/mol. The third-order valence-corrected chi connectivity index (χ3v) is 4.40. The second-order valence-electron chi connectivity index (χ2n) is 4.68. The topological polar surface area (TPSA) is 101 Å². The summed E-state index contributed by atoms with van der Waals surface area (Å²) in [5.74, 6) is -1.24. The number of nitro benzene ring substituents is 1. The van der Waals surface area contributed by atoms with Crippen LogP contribution in [-0.2, 0) is 9.59 Å². The number of carboxylic acid groups (broad SMARTS) is 1. The largest absolute Gasteiger partial charge is 0.481 e. The third kappa shape index (κ3) is 4.36. The molecule has 0 radical (unpaired) electrons. The van der Waals surface area contributed by atoms with E-state index in [0.717, 1.165) is 11.8 Å². The molecule has 0 saturated carbocycles. The molecule has 0 bridgehead atoms. The molecule has 23 heavy (non-hydrogen) atoms. The van der Waals surface area contributed by atoms with E-state index in [-0.39, 0.29) is 24.6 Å². The highest BCUT2D eigenvalue weighted by atomic mass is 32.2. The highest BCUT2D eigenvalue weighted by Crippen LogP contribution is 2.33. The molecular formula is C14H12N2O5S2. The Labute approximate surface area is 141 Å². The lowest BCUT2D eigenvalue weighted by atomic mass is 10.2. The van der Waals surface area contributed by atoms with E-state index in [1.54, 1.807) is 12.1 Å². The van der Waals surface area contributed by atoms with Crippen LogP contribution in [0, 0.1) is 10.1 Å². The van der Waals surface area contributed by atoms with E-state index in [9.17, 15) is 19.7 Å². The fourth-order valence-corrected chi connectivity index (χ4v) is 3.27. The molecular weight excluding hydrogens is 340 g/mol. The molecule has 1 aromatic rings. The smallest absolute Gasteiger partial charge is 0.303 e. The molecule has 9 heteroatoms. The van der Waals surface area contributed by atoms with Crippen molar-refractivity contribution in [3.8, 4) is 0 Å². The maximum Gasteiger partial charge on any atom is 0.303 e. The SMILES string of the molecule is O=C(O)CCCN1C(=O)C(=Cc2cccc([N+](=O)[O-])c2)SC1=S. The number of non-ortho nitro benzene ring substituents is 1. The van der Waals surface area contributed by atoms with Gasteiger partial charge < -0.3 is 5.11 Å². The lowest BCUT2D eigenvalue weighted by Crippen LogP contribution is -2.29. The van der Waals surface area contributed by atoms with Gasteiger partial charge in [0.05, 0.1) is 9.83 Å². The van der Waals surface area contributed by atoms with Crippen molar-refractivity contribution in [1.82, 2.24) is 4.90 Å². The van der Waals surface area contributed by atoms with E-state index < -0.39 is 10.9 Å². The molecule has 0 unspecified atom stereocenters. The molecule has 0 atom stereocenters. The number of carbonyl (C=O) groups excluding carboxylic acids is 1. The predicted octanol–water partition coefficient (Wildman–Crippen LogP) is 2.66. The molecule has 1 fully saturated rings. The Morgan fingerprint density at radius 3 is 2.87 bits per heavy atom. The highest BCUT2D eigenvalue weighted by molar-refractivity contribution is 8.26. The van der Waals surface area contributed by atoms with Crippen molar-refractivity contribution in [2.75, 3.05) is 6.54 Å². The molecule has 120 valence electrons. The summed E-state index contributed by atoms with van der Waals surface area (Å²) in [5, 5.41) is 19.4. The van der Waals surface area contributed by atoms with Gasteiger partial charge in [-0.15, -0.1) is 0 Å². The van der Waals surface area contributed by atoms with Crippen LogP contribution in [0.15, 0.2) is 29.2 Å². The molecule has 1 aliphatic rings. The van der Waals surface area contributed by atoms with Crippen LogP contribution in [0.2, 0.25) is 0 Å². The summed E-state index contributed by atoms with van der Waals surface area (Å²) in [6, 6.07) is 5.94. The zero-order chi connectivity index (χ0) is 17.0. The van der Waals surface area contributed by atoms with Crippen LogP contribution >= 0.6 is 24.0 Å². The van der Waals surface area contributed by atoms with Crippen molar-refractivity contribution >= 4 is 51.9 Å². The molecule has 1 aromatic carbocycles. The molecule has 1 aliphatic heterocycles. The second kappa shape index (κ2) is 7.34. The number of thiocarbonyl (C=S) groups is 1. The van der Waals surface area contributed by atoms with E-state index >= 15 is 0 Å². The van der Waals surface area contributed by atoms with E-state index in [4.69, 9.17) is 17.3 Å². The molecule has 0 aliphatic carbocycles. The fourth-order valence-electron chi connectivity index (χ4n) is 1.96. The van der Waals surface area contributed by atoms with Crippen LogP contribution in [0.1, 0.15) is 18.4 Å². The number of amides is 1. The van der Waals surface area contributed by atoms with Gasteiger partial charge in [0.2, 0.25) is 0 Å². The van der Waals surface area contributed by atoms with Gasteiger partial charge in [-0.2, -0.15) is 0 Å². The Hall–Kier alpha value is -2.26. The minimum Gasteiger partial charge on any atom is -0.481 e. The van der Waals surface area contributed by atoms with E-state index in [1.165, 1.54) is 23.1 Å². The van der Waals surface area contributed by atoms with Gasteiger partial charge in [0, 0.05) is 25.1 Å². The summed E-state index contributed by atoms with van der Waals surface area (Å²) >= 11 is 6.23. The van der Waals surface area contributed by atoms with Crippen molar-refractivity contribution in [2.45, 2.75) is 12.8 Å². The van der Waals surface area contributed by atoms with Crippen molar-refractivity contribution in [3.05, 3.63) is 44.8 Å². The van der Waals surface area contributed by atoms with Crippen LogP contribution in [0.4, 0.5) is 5.69 Å². The number of carboxylic acids is 1. The number of hydrogen-bond acceptors (Lipinski definition) is 6. The number of rotatable bonds is 6. The average Bonchev–Trinajstić information content (AvgIpc) is 2.74. The lowest BCUT2D eigenvalue weighted by molar-refractivity contribution is -0.384. The van der Waals surface area contributed by atoms with Gasteiger partial charge in [0.15, 0.2) is 0 Å². The first kappa shape index (κ1) is 17.1. The Kier molecular flexibility index (Phi) is 5.45. The van der Waals surface area contributed by atoms with Gasteiger partial charge in [-0.1, -0.05) is 36.1 Å². The zero-order valence-electron chi connectivity index (χ0n) is 11.8. The van der Waals surface area contributed by atoms with Crippen LogP contribution < -0.4 is 0 Å². The van der Waals surface area contributed by atoms with Crippen LogP contribution in [-0.4, -0.2) is 37.7 Å². The quantitative estimate of drug-likeness (QED) is 0.363. The number of aliphatic carboxylic acids is 1. The molecule has 7 nitrogen and oxygen atoms in total. The predicted molar refractivity (Wildman–Crippen MR) is 89.8 cm³/mol. The monoisotopic (exact) mass is 352 g/mol. The summed E-state index contributed by atoms with van der Waals surface area (Å²) in [7, 11) is 0. The second-order valence-corrected chi connectivity index (χ2v) is 6.36. The van der Waals surface area contributed by atoms with Gasteiger partial charge >= 0.3 is 5.97 Å². The van der Waals surface area contributed by atoms with Crippen molar-refractivity contribution in [3.63, 3.8) is 0 Å². The van der Waals surface area contributed by atoms with Crippen LogP contribution in [0.25, 0.3) is 6.08 Å². The van der Waals surface area contributed by atoms with Gasteiger partial charge in [0.1, 0.15) is 4.32 Å². The highest BCUT2D eigenvalue weighted by Gasteiger charge is 2.31. The van der Waals surface area contributed by atoms with Gasteiger partial charge in [0.25, 0.3) is 11.6 Å². The number of nitrogens with zero attached hydrogens (tertiary/aromatic N) is 2. The minimum absolute atomic E-state index is 0.0407. The first-order chi connectivity index (χ1) is 10.9. The van der Waals surface area contributed by atoms with Crippen LogP contribution in [0.5, 0.6) is 0 Å². The summed E-state index contributed by atoms with van der Waals surface area (Å²) in [6.45, 7) is 0.239. The Balaban J connectivity index is 2.13. The lowest BCUT2D eigenvalue weighted by Gasteiger charge is -2.13. The van der Waals surface area contributed by atoms with Crippen LogP contribution in [0.3, 0.4) is 0 Å². The van der Waals surface area contributed by atoms with Crippen molar-refractivity contribution in [1.29, 1.82) is 0 Å². The maximum atomic E-state index is 12.3. The number of nitro groups is 1. The van der Waals surface area contributed by atoms with Gasteiger partial charge in [-0.05, 0) is 18.1 Å². The van der Waals surface area contributed by atoms with E-state index in [2.05, 4.69) is 0 Å². The summed E-state index contributed by atoms with van der Waals surface area (Å²) < 4.78 is 0.358. The molecule has 0 aromatic heterocycles. The Morgan fingerprint density at radius 1 is 1.48 bits per heavy atom. The molecule has 1 amide bonds. The van der Waals surface area contributed by atoms with Crippen molar-refractivity contribution in [2.24, 2.45) is 0 Å². The molecule has 1 saturated heterocycles. The Morgan fingerprint density at radius 2 is 2.22 bits per heavy atom. The van der Waals surface area contributed by atoms with E-state index in [1.807, 2.05) is 0 Å². The van der Waals surface area contributed by atoms with Gasteiger partial charge in [-0.25, -0.2) is 0 Å². The first-order valence-electron chi connectivity index (χ1n) is 6.60. The van der Waals surface area contributed by atoms with E-state index in [0.29, 0.717) is 21.2 Å². The maximum absolute atomic E-state index is 12.3. The Bertz CT molecular complexity index is 717. The van der Waals surface area contributed by atoms with Crippen molar-refractivity contribution < 1.29 is 19.6 Å². The molecule has 0 spiro atoms. The number of carbonyl (C=O) groups is 2. The molecule has 1 heterocycles. The minimum atomic E-state index is -0.928. The van der Waals surface area contributed by atoms with Gasteiger partial charge in [-0.3, -0.25) is 24.6 Å². The fraction of sp³-hybridized carbons (Fsp3) is 0.214. The zero-order valence-corrected chi connectivity index (χ0v) is 13.4. The molecule has 2 rings (SSSR count).